The van der Waals surface area contributed by atoms with Crippen LogP contribution < -0.4 is 0 Å². The summed E-state index contributed by atoms with van der Waals surface area (Å²) < 4.78 is 1.94. The normalized spacial score (nSPS) is 21.2. The summed E-state index contributed by atoms with van der Waals surface area (Å²) in [4.78, 5) is 4.81. The summed E-state index contributed by atoms with van der Waals surface area (Å²) in [5.74, 6) is 0.965. The van der Waals surface area contributed by atoms with Crippen molar-refractivity contribution in [1.29, 1.82) is 0 Å². The van der Waals surface area contributed by atoms with Crippen LogP contribution in [0.25, 0.3) is 0 Å². The molecule has 0 N–H and O–H groups in total. The molecule has 0 aromatic carbocycles. The van der Waals surface area contributed by atoms with Crippen LogP contribution in [0.1, 0.15) is 39.6 Å². The molecule has 1 aliphatic heterocycles. The third-order valence-electron chi connectivity index (χ3n) is 3.59. The Morgan fingerprint density at radius 2 is 1.72 bits per heavy atom. The molecule has 1 fully saturated rings. The summed E-state index contributed by atoms with van der Waals surface area (Å²) in [5.41, 5.74) is -0.0698. The molecule has 0 saturated carbocycles. The Bertz CT molecular complexity index is 386. The average molecular weight is 252 g/mol. The maximum Gasteiger partial charge on any atom is 0.168 e. The van der Waals surface area contributed by atoms with E-state index in [0.717, 1.165) is 32.0 Å². The SMILES string of the molecule is C[C@H](c1nnnn1C(C)(C)C)N1CCN(C)CC1. The van der Waals surface area contributed by atoms with Crippen LogP contribution in [-0.4, -0.2) is 63.2 Å². The number of tetrazole rings is 1. The molecule has 1 aromatic rings. The van der Waals surface area contributed by atoms with E-state index >= 15 is 0 Å². The highest BCUT2D eigenvalue weighted by Gasteiger charge is 2.28. The highest BCUT2D eigenvalue weighted by atomic mass is 15.6. The second-order valence-electron chi connectivity index (χ2n) is 6.13. The van der Waals surface area contributed by atoms with Gasteiger partial charge in [-0.25, -0.2) is 4.68 Å². The van der Waals surface area contributed by atoms with Crippen molar-refractivity contribution in [2.24, 2.45) is 0 Å². The Morgan fingerprint density at radius 1 is 1.11 bits per heavy atom. The number of likely N-dealkylation sites (N-methyl/N-ethyl adjacent to an activating group) is 1. The fourth-order valence-electron chi connectivity index (χ4n) is 2.30. The summed E-state index contributed by atoms with van der Waals surface area (Å²) in [5, 5.41) is 12.2. The van der Waals surface area contributed by atoms with Gasteiger partial charge in [0.05, 0.1) is 11.6 Å². The van der Waals surface area contributed by atoms with Gasteiger partial charge in [0.25, 0.3) is 0 Å². The monoisotopic (exact) mass is 252 g/mol. The molecule has 1 aliphatic rings. The molecule has 0 unspecified atom stereocenters. The van der Waals surface area contributed by atoms with E-state index in [1.54, 1.807) is 0 Å². The predicted octanol–water partition coefficient (Wildman–Crippen LogP) is 0.736. The molecule has 18 heavy (non-hydrogen) atoms. The molecule has 0 radical (unpaired) electrons. The van der Waals surface area contributed by atoms with Gasteiger partial charge >= 0.3 is 0 Å². The van der Waals surface area contributed by atoms with Crippen LogP contribution in [-0.2, 0) is 5.54 Å². The second-order valence-corrected chi connectivity index (χ2v) is 6.13. The molecule has 1 atom stereocenters. The van der Waals surface area contributed by atoms with E-state index in [2.05, 4.69) is 60.1 Å². The molecule has 1 aromatic heterocycles. The van der Waals surface area contributed by atoms with Gasteiger partial charge in [0.1, 0.15) is 0 Å². The first-order chi connectivity index (χ1) is 8.39. The Balaban J connectivity index is 2.14. The molecule has 6 nitrogen and oxygen atoms in total. The molecular weight excluding hydrogens is 228 g/mol. The number of aromatic nitrogens is 4. The number of nitrogens with zero attached hydrogens (tertiary/aromatic N) is 6. The summed E-state index contributed by atoms with van der Waals surface area (Å²) in [6, 6.07) is 0.271. The Hall–Kier alpha value is -1.01. The lowest BCUT2D eigenvalue weighted by Gasteiger charge is -2.36. The summed E-state index contributed by atoms with van der Waals surface area (Å²) in [7, 11) is 2.17. The molecule has 6 heteroatoms. The number of hydrogen-bond acceptors (Lipinski definition) is 5. The van der Waals surface area contributed by atoms with Gasteiger partial charge in [-0.15, -0.1) is 5.10 Å². The van der Waals surface area contributed by atoms with Gasteiger partial charge in [0.2, 0.25) is 0 Å². The first-order valence-electron chi connectivity index (χ1n) is 6.61. The quantitative estimate of drug-likeness (QED) is 0.777. The van der Waals surface area contributed by atoms with Crippen LogP contribution in [0.3, 0.4) is 0 Å². The molecule has 102 valence electrons. The van der Waals surface area contributed by atoms with Crippen LogP contribution in [0.4, 0.5) is 0 Å². The molecular formula is C12H24N6. The molecule has 0 spiro atoms. The Labute approximate surface area is 109 Å². The molecule has 2 heterocycles. The summed E-state index contributed by atoms with van der Waals surface area (Å²) >= 11 is 0. The molecule has 0 bridgehead atoms. The number of rotatable bonds is 2. The summed E-state index contributed by atoms with van der Waals surface area (Å²) in [6.07, 6.45) is 0. The third kappa shape index (κ3) is 2.70. The van der Waals surface area contributed by atoms with E-state index in [9.17, 15) is 0 Å². The van der Waals surface area contributed by atoms with Crippen molar-refractivity contribution in [3.05, 3.63) is 5.82 Å². The minimum Gasteiger partial charge on any atom is -0.304 e. The van der Waals surface area contributed by atoms with Gasteiger partial charge in [-0.05, 0) is 45.2 Å². The standard InChI is InChI=1S/C12H24N6/c1-10(17-8-6-16(5)7-9-17)11-13-14-15-18(11)12(2,3)4/h10H,6-9H2,1-5H3/t10-/m1/s1. The van der Waals surface area contributed by atoms with Gasteiger partial charge < -0.3 is 4.90 Å². The van der Waals surface area contributed by atoms with Gasteiger partial charge in [0, 0.05) is 26.2 Å². The minimum absolute atomic E-state index is 0.0698. The maximum absolute atomic E-state index is 4.22. The molecule has 0 amide bonds. The first-order valence-corrected chi connectivity index (χ1v) is 6.61. The van der Waals surface area contributed by atoms with E-state index < -0.39 is 0 Å². The lowest BCUT2D eigenvalue weighted by Crippen LogP contribution is -2.46. The fourth-order valence-corrected chi connectivity index (χ4v) is 2.30. The third-order valence-corrected chi connectivity index (χ3v) is 3.59. The second kappa shape index (κ2) is 4.93. The van der Waals surface area contributed by atoms with Crippen LogP contribution in [0.5, 0.6) is 0 Å². The van der Waals surface area contributed by atoms with E-state index in [1.807, 2.05) is 4.68 Å². The van der Waals surface area contributed by atoms with Gasteiger partial charge in [-0.1, -0.05) is 0 Å². The lowest BCUT2D eigenvalue weighted by molar-refractivity contribution is 0.110. The van der Waals surface area contributed by atoms with Gasteiger partial charge in [0.15, 0.2) is 5.82 Å². The smallest absolute Gasteiger partial charge is 0.168 e. The number of piperazine rings is 1. The molecule has 0 aliphatic carbocycles. The zero-order valence-corrected chi connectivity index (χ0v) is 12.1. The Morgan fingerprint density at radius 3 is 2.28 bits per heavy atom. The molecule has 1 saturated heterocycles. The van der Waals surface area contributed by atoms with E-state index in [4.69, 9.17) is 0 Å². The van der Waals surface area contributed by atoms with E-state index in [-0.39, 0.29) is 11.6 Å². The van der Waals surface area contributed by atoms with Crippen molar-refractivity contribution in [3.8, 4) is 0 Å². The first kappa shape index (κ1) is 13.4. The van der Waals surface area contributed by atoms with Gasteiger partial charge in [-0.3, -0.25) is 4.90 Å². The topological polar surface area (TPSA) is 50.1 Å². The van der Waals surface area contributed by atoms with Crippen LogP contribution in [0.15, 0.2) is 0 Å². The van der Waals surface area contributed by atoms with E-state index in [1.165, 1.54) is 0 Å². The predicted molar refractivity (Wildman–Crippen MR) is 70.3 cm³/mol. The molecule has 2 rings (SSSR count). The minimum atomic E-state index is -0.0698. The van der Waals surface area contributed by atoms with Crippen LogP contribution in [0, 0.1) is 0 Å². The maximum atomic E-state index is 4.22. The number of hydrogen-bond donors (Lipinski definition) is 0. The largest absolute Gasteiger partial charge is 0.304 e. The highest BCUT2D eigenvalue weighted by Crippen LogP contribution is 2.23. The van der Waals surface area contributed by atoms with Crippen LogP contribution >= 0.6 is 0 Å². The average Bonchev–Trinajstić information content (AvgIpc) is 2.77. The highest BCUT2D eigenvalue weighted by molar-refractivity contribution is 4.95. The zero-order valence-electron chi connectivity index (χ0n) is 12.1. The van der Waals surface area contributed by atoms with Crippen LogP contribution in [0.2, 0.25) is 0 Å². The van der Waals surface area contributed by atoms with Crippen molar-refractivity contribution < 1.29 is 0 Å². The Kier molecular flexibility index (Phi) is 3.68. The van der Waals surface area contributed by atoms with Crippen molar-refractivity contribution >= 4 is 0 Å². The van der Waals surface area contributed by atoms with Gasteiger partial charge in [-0.2, -0.15) is 0 Å². The van der Waals surface area contributed by atoms with E-state index in [0.29, 0.717) is 0 Å². The van der Waals surface area contributed by atoms with Crippen molar-refractivity contribution in [3.63, 3.8) is 0 Å². The van der Waals surface area contributed by atoms with Crippen molar-refractivity contribution in [2.75, 3.05) is 33.2 Å². The lowest BCUT2D eigenvalue weighted by atomic mass is 10.1. The summed E-state index contributed by atoms with van der Waals surface area (Å²) in [6.45, 7) is 13.0. The van der Waals surface area contributed by atoms with Crippen molar-refractivity contribution in [2.45, 2.75) is 39.3 Å². The van der Waals surface area contributed by atoms with Crippen molar-refractivity contribution in [1.82, 2.24) is 30.0 Å². The zero-order chi connectivity index (χ0) is 13.3. The fraction of sp³-hybridized carbons (Fsp3) is 0.917.